The van der Waals surface area contributed by atoms with Gasteiger partial charge < -0.3 is 0 Å². The molecule has 25 heavy (non-hydrogen) atoms. The zero-order valence-electron chi connectivity index (χ0n) is 16.8. The van der Waals surface area contributed by atoms with Crippen molar-refractivity contribution in [3.63, 3.8) is 0 Å². The molecule has 0 fully saturated rings. The van der Waals surface area contributed by atoms with Crippen LogP contribution in [0.4, 0.5) is 5.69 Å². The van der Waals surface area contributed by atoms with Crippen LogP contribution in [-0.4, -0.2) is 16.8 Å². The average molecular weight is 454 g/mol. The molecule has 0 aromatic heterocycles. The lowest BCUT2D eigenvalue weighted by Crippen LogP contribution is -2.26. The molecule has 0 radical (unpaired) electrons. The zero-order valence-corrected chi connectivity index (χ0v) is 19.0. The molecule has 0 atom stereocenters. The van der Waals surface area contributed by atoms with E-state index in [0.29, 0.717) is 0 Å². The minimum Gasteiger partial charge on any atom is -0.199 e. The van der Waals surface area contributed by atoms with Crippen molar-refractivity contribution in [3.05, 3.63) is 27.3 Å². The molecule has 1 nitrogen and oxygen atoms in total. The first-order valence-corrected chi connectivity index (χ1v) is 11.5. The van der Waals surface area contributed by atoms with Gasteiger partial charge in [-0.25, -0.2) is 0 Å². The molecule has 0 saturated heterocycles. The van der Waals surface area contributed by atoms with Gasteiger partial charge in [0.25, 0.3) is 0 Å². The molecule has 0 spiro atoms. The topological polar surface area (TPSA) is 3.01 Å². The van der Waals surface area contributed by atoms with Gasteiger partial charge in [-0.2, -0.15) is 4.58 Å². The van der Waals surface area contributed by atoms with Crippen LogP contribution in [0.25, 0.3) is 0 Å². The van der Waals surface area contributed by atoms with E-state index in [9.17, 15) is 0 Å². The number of halogens is 1. The van der Waals surface area contributed by atoms with Gasteiger partial charge >= 0.3 is 0 Å². The molecule has 0 amide bonds. The van der Waals surface area contributed by atoms with Gasteiger partial charge in [-0.3, -0.25) is 0 Å². The Morgan fingerprint density at radius 1 is 0.880 bits per heavy atom. The molecule has 1 aliphatic heterocycles. The van der Waals surface area contributed by atoms with Crippen molar-refractivity contribution in [2.24, 2.45) is 0 Å². The summed E-state index contributed by atoms with van der Waals surface area (Å²) >= 11 is 2.43. The van der Waals surface area contributed by atoms with E-state index in [4.69, 9.17) is 0 Å². The predicted molar refractivity (Wildman–Crippen MR) is 119 cm³/mol. The lowest BCUT2D eigenvalue weighted by Gasteiger charge is -2.14. The summed E-state index contributed by atoms with van der Waals surface area (Å²) < 4.78 is 3.92. The van der Waals surface area contributed by atoms with Gasteiger partial charge in [0.15, 0.2) is 5.71 Å². The summed E-state index contributed by atoms with van der Waals surface area (Å²) in [7, 11) is 0. The molecule has 0 aliphatic carbocycles. The van der Waals surface area contributed by atoms with E-state index in [1.807, 2.05) is 0 Å². The predicted octanol–water partition coefficient (Wildman–Crippen LogP) is 7.61. The summed E-state index contributed by atoms with van der Waals surface area (Å²) in [6.07, 6.45) is 14.1. The standard InChI is InChI=1S/C23H37IN/c1-5-6-7-8-9-10-11-12-13-14-17-25-19(2)23(3,4)21-18-20(24)15-16-22(21)25/h15-16,18H,5-14,17H2,1-4H3/q+1. The van der Waals surface area contributed by atoms with E-state index in [0.717, 1.165) is 0 Å². The van der Waals surface area contributed by atoms with E-state index in [1.165, 1.54) is 91.3 Å². The third-order valence-electron chi connectivity index (χ3n) is 5.97. The van der Waals surface area contributed by atoms with Crippen molar-refractivity contribution in [2.45, 2.75) is 97.3 Å². The summed E-state index contributed by atoms with van der Waals surface area (Å²) in [5, 5.41) is 0. The maximum absolute atomic E-state index is 2.58. The molecule has 1 heterocycles. The van der Waals surface area contributed by atoms with Gasteiger partial charge in [-0.15, -0.1) is 0 Å². The summed E-state index contributed by atoms with van der Waals surface area (Å²) in [6.45, 7) is 10.5. The van der Waals surface area contributed by atoms with E-state index in [2.05, 4.69) is 73.1 Å². The number of rotatable bonds is 11. The molecule has 0 bridgehead atoms. The lowest BCUT2D eigenvalue weighted by molar-refractivity contribution is -0.439. The van der Waals surface area contributed by atoms with Crippen LogP contribution in [0.3, 0.4) is 0 Å². The fourth-order valence-electron chi connectivity index (χ4n) is 4.00. The smallest absolute Gasteiger partial charge is 0.199 e. The molecule has 2 rings (SSSR count). The van der Waals surface area contributed by atoms with Crippen molar-refractivity contribution < 1.29 is 4.58 Å². The quantitative estimate of drug-likeness (QED) is 0.184. The van der Waals surface area contributed by atoms with Crippen molar-refractivity contribution >= 4 is 34.0 Å². The molecule has 1 aliphatic rings. The molecule has 0 N–H and O–H groups in total. The molecular formula is C23H37IN+. The minimum absolute atomic E-state index is 0.176. The van der Waals surface area contributed by atoms with Crippen LogP contribution in [-0.2, 0) is 5.41 Å². The SMILES string of the molecule is CCCCCCCCCCCC[N+]1=C(C)C(C)(C)c2cc(I)ccc21. The van der Waals surface area contributed by atoms with Crippen LogP contribution in [0.1, 0.15) is 97.5 Å². The Bertz CT molecular complexity index is 586. The Balaban J connectivity index is 1.74. The van der Waals surface area contributed by atoms with Crippen molar-refractivity contribution in [2.75, 3.05) is 6.54 Å². The summed E-state index contributed by atoms with van der Waals surface area (Å²) in [6, 6.07) is 6.95. The first-order valence-electron chi connectivity index (χ1n) is 10.4. The van der Waals surface area contributed by atoms with Crippen molar-refractivity contribution in [1.82, 2.24) is 0 Å². The Morgan fingerprint density at radius 3 is 2.04 bits per heavy atom. The van der Waals surface area contributed by atoms with Gasteiger partial charge in [0.05, 0.1) is 5.41 Å². The van der Waals surface area contributed by atoms with E-state index < -0.39 is 0 Å². The van der Waals surface area contributed by atoms with Gasteiger partial charge in [0.1, 0.15) is 6.54 Å². The fraction of sp³-hybridized carbons (Fsp3) is 0.696. The normalized spacial score (nSPS) is 15.7. The van der Waals surface area contributed by atoms with Crippen LogP contribution < -0.4 is 0 Å². The van der Waals surface area contributed by atoms with Crippen molar-refractivity contribution in [1.29, 1.82) is 0 Å². The highest BCUT2D eigenvalue weighted by Crippen LogP contribution is 2.40. The highest BCUT2D eigenvalue weighted by Gasteiger charge is 2.42. The number of nitrogens with zero attached hydrogens (tertiary/aromatic N) is 1. The highest BCUT2D eigenvalue weighted by molar-refractivity contribution is 14.1. The van der Waals surface area contributed by atoms with Crippen LogP contribution in [0.15, 0.2) is 18.2 Å². The Morgan fingerprint density at radius 2 is 1.44 bits per heavy atom. The largest absolute Gasteiger partial charge is 0.209 e. The van der Waals surface area contributed by atoms with E-state index >= 15 is 0 Å². The maximum Gasteiger partial charge on any atom is 0.209 e. The lowest BCUT2D eigenvalue weighted by atomic mass is 9.82. The van der Waals surface area contributed by atoms with E-state index in [1.54, 1.807) is 0 Å². The molecule has 1 aromatic carbocycles. The second-order valence-corrected chi connectivity index (χ2v) is 9.45. The van der Waals surface area contributed by atoms with Gasteiger partial charge in [0.2, 0.25) is 5.69 Å². The highest BCUT2D eigenvalue weighted by atomic mass is 127. The number of hydrogen-bond donors (Lipinski definition) is 0. The Labute approximate surface area is 169 Å². The van der Waals surface area contributed by atoms with E-state index in [-0.39, 0.29) is 5.41 Å². The summed E-state index contributed by atoms with van der Waals surface area (Å²) in [4.78, 5) is 0. The first kappa shape index (κ1) is 20.9. The van der Waals surface area contributed by atoms with Crippen LogP contribution in [0.5, 0.6) is 0 Å². The fourth-order valence-corrected chi connectivity index (χ4v) is 4.49. The Hall–Kier alpha value is -0.380. The molecule has 0 saturated carbocycles. The van der Waals surface area contributed by atoms with Gasteiger partial charge in [-0.1, -0.05) is 58.3 Å². The minimum atomic E-state index is 0.176. The first-order chi connectivity index (χ1) is 12.0. The van der Waals surface area contributed by atoms with Crippen LogP contribution in [0, 0.1) is 3.57 Å². The molecule has 2 heteroatoms. The molecule has 1 aromatic rings. The van der Waals surface area contributed by atoms with Crippen molar-refractivity contribution in [3.8, 4) is 0 Å². The number of fused-ring (bicyclic) bond motifs is 1. The van der Waals surface area contributed by atoms with Gasteiger partial charge in [-0.05, 0) is 55.0 Å². The van der Waals surface area contributed by atoms with Gasteiger partial charge in [0, 0.05) is 28.5 Å². The number of hydrogen-bond acceptors (Lipinski definition) is 0. The number of benzene rings is 1. The van der Waals surface area contributed by atoms with Crippen LogP contribution in [0.2, 0.25) is 0 Å². The number of unbranched alkanes of at least 4 members (excludes halogenated alkanes) is 9. The zero-order chi connectivity index (χ0) is 18.3. The Kier molecular flexibility index (Phi) is 8.44. The molecule has 140 valence electrons. The average Bonchev–Trinajstić information content (AvgIpc) is 2.77. The molecular weight excluding hydrogens is 417 g/mol. The maximum atomic E-state index is 2.58. The monoisotopic (exact) mass is 454 g/mol. The summed E-state index contributed by atoms with van der Waals surface area (Å²) in [5.41, 5.74) is 4.64. The summed E-state index contributed by atoms with van der Waals surface area (Å²) in [5.74, 6) is 0. The molecule has 0 unspecified atom stereocenters. The second kappa shape index (κ2) is 10.1. The second-order valence-electron chi connectivity index (χ2n) is 8.21. The van der Waals surface area contributed by atoms with Crippen LogP contribution >= 0.6 is 22.6 Å². The third kappa shape index (κ3) is 5.55. The third-order valence-corrected chi connectivity index (χ3v) is 6.64.